The first kappa shape index (κ1) is 18.9. The summed E-state index contributed by atoms with van der Waals surface area (Å²) in [6.07, 6.45) is 0. The highest BCUT2D eigenvalue weighted by molar-refractivity contribution is 7.89. The molecule has 0 unspecified atom stereocenters. The van der Waals surface area contributed by atoms with Gasteiger partial charge in [0.05, 0.1) is 11.6 Å². The van der Waals surface area contributed by atoms with Gasteiger partial charge in [0.1, 0.15) is 11.6 Å². The van der Waals surface area contributed by atoms with Crippen molar-refractivity contribution in [3.63, 3.8) is 0 Å². The van der Waals surface area contributed by atoms with Crippen molar-refractivity contribution < 1.29 is 12.8 Å². The Hall–Kier alpha value is -3.42. The summed E-state index contributed by atoms with van der Waals surface area (Å²) >= 11 is 0. The highest BCUT2D eigenvalue weighted by Gasteiger charge is 2.42. The van der Waals surface area contributed by atoms with Crippen molar-refractivity contribution in [3.8, 4) is 17.3 Å². The number of rotatable bonds is 2. The summed E-state index contributed by atoms with van der Waals surface area (Å²) in [6, 6.07) is 13.4. The molecule has 0 saturated carbocycles. The monoisotopic (exact) mass is 412 g/mol. The SMILES string of the molecule is CN1C(N)=N[C@](N)(c2cc(-c3cc4ccc(C#N)cc4[nH]3)ccc2F)CS1(=O)=O. The number of aromatic nitrogens is 1. The van der Waals surface area contributed by atoms with E-state index in [-0.39, 0.29) is 11.5 Å². The number of guanidine groups is 1. The molecule has 0 fully saturated rings. The fraction of sp³-hybridized carbons (Fsp3) is 0.158. The van der Waals surface area contributed by atoms with E-state index >= 15 is 0 Å². The van der Waals surface area contributed by atoms with Gasteiger partial charge < -0.3 is 16.5 Å². The summed E-state index contributed by atoms with van der Waals surface area (Å²) in [5.74, 6) is -1.61. The van der Waals surface area contributed by atoms with Crippen LogP contribution in [0.5, 0.6) is 0 Å². The lowest BCUT2D eigenvalue weighted by Gasteiger charge is -2.34. The van der Waals surface area contributed by atoms with Crippen molar-refractivity contribution in [2.24, 2.45) is 16.5 Å². The maximum absolute atomic E-state index is 14.6. The molecule has 2 aromatic carbocycles. The number of fused-ring (bicyclic) bond motifs is 1. The number of nitriles is 1. The molecule has 4 rings (SSSR count). The zero-order valence-corrected chi connectivity index (χ0v) is 16.2. The van der Waals surface area contributed by atoms with E-state index in [4.69, 9.17) is 16.7 Å². The maximum Gasteiger partial charge on any atom is 0.241 e. The Morgan fingerprint density at radius 1 is 1.28 bits per heavy atom. The van der Waals surface area contributed by atoms with Gasteiger partial charge in [-0.3, -0.25) is 0 Å². The van der Waals surface area contributed by atoms with Crippen LogP contribution in [0.25, 0.3) is 22.2 Å². The van der Waals surface area contributed by atoms with E-state index in [0.717, 1.165) is 15.2 Å². The predicted molar refractivity (Wildman–Crippen MR) is 107 cm³/mol. The molecule has 148 valence electrons. The van der Waals surface area contributed by atoms with Gasteiger partial charge in [-0.05, 0) is 42.0 Å². The molecule has 5 N–H and O–H groups in total. The van der Waals surface area contributed by atoms with Crippen LogP contribution in [0.2, 0.25) is 0 Å². The van der Waals surface area contributed by atoms with Gasteiger partial charge in [0.15, 0.2) is 5.66 Å². The second kappa shape index (κ2) is 6.30. The topological polar surface area (TPSA) is 141 Å². The van der Waals surface area contributed by atoms with Crippen molar-refractivity contribution in [1.82, 2.24) is 9.29 Å². The number of sulfonamides is 1. The first-order chi connectivity index (χ1) is 13.6. The standard InChI is InChI=1S/C19H17FN6O2S/c1-26-18(22)25-19(23,10-29(26,27)28)14-7-12(4-5-15(14)20)17-8-13-3-2-11(9-21)6-16(13)24-17/h2-8,24H,10,23H2,1H3,(H2,22,25)/t19-/m0/s1. The largest absolute Gasteiger partial charge is 0.369 e. The zero-order valence-electron chi connectivity index (χ0n) is 15.3. The van der Waals surface area contributed by atoms with E-state index in [1.165, 1.54) is 19.2 Å². The quantitative estimate of drug-likeness (QED) is 0.585. The minimum atomic E-state index is -3.84. The normalized spacial score (nSPS) is 21.0. The number of aliphatic imine (C=N–C) groups is 1. The third-order valence-electron chi connectivity index (χ3n) is 4.95. The summed E-state index contributed by atoms with van der Waals surface area (Å²) in [6.45, 7) is 0. The molecule has 1 atom stereocenters. The number of nitrogens with one attached hydrogen (secondary N) is 1. The van der Waals surface area contributed by atoms with E-state index < -0.39 is 27.3 Å². The molecular formula is C19H17FN6O2S. The van der Waals surface area contributed by atoms with Crippen LogP contribution in [0.15, 0.2) is 47.5 Å². The van der Waals surface area contributed by atoms with Gasteiger partial charge in [0.25, 0.3) is 0 Å². The highest BCUT2D eigenvalue weighted by atomic mass is 32.2. The Morgan fingerprint density at radius 2 is 2.03 bits per heavy atom. The van der Waals surface area contributed by atoms with Gasteiger partial charge in [0.2, 0.25) is 16.0 Å². The molecule has 0 saturated heterocycles. The van der Waals surface area contributed by atoms with Crippen LogP contribution >= 0.6 is 0 Å². The molecule has 10 heteroatoms. The van der Waals surface area contributed by atoms with Crippen LogP contribution in [0.3, 0.4) is 0 Å². The van der Waals surface area contributed by atoms with Crippen LogP contribution < -0.4 is 11.5 Å². The highest BCUT2D eigenvalue weighted by Crippen LogP contribution is 2.33. The molecule has 1 aromatic heterocycles. The smallest absolute Gasteiger partial charge is 0.241 e. The number of H-pyrrole nitrogens is 1. The Kier molecular flexibility index (Phi) is 4.11. The van der Waals surface area contributed by atoms with Gasteiger partial charge >= 0.3 is 0 Å². The Balaban J connectivity index is 1.84. The van der Waals surface area contributed by atoms with Gasteiger partial charge in [-0.2, -0.15) is 5.26 Å². The van der Waals surface area contributed by atoms with Crippen LogP contribution in [0.4, 0.5) is 4.39 Å². The van der Waals surface area contributed by atoms with Crippen LogP contribution in [-0.2, 0) is 15.7 Å². The Labute approximate surface area is 166 Å². The van der Waals surface area contributed by atoms with E-state index in [0.29, 0.717) is 16.8 Å². The number of nitrogens with two attached hydrogens (primary N) is 2. The number of benzene rings is 2. The number of hydrogen-bond acceptors (Lipinski definition) is 6. The molecule has 8 nitrogen and oxygen atoms in total. The summed E-state index contributed by atoms with van der Waals surface area (Å²) in [5.41, 5.74) is 12.5. The molecular weight excluding hydrogens is 395 g/mol. The average Bonchev–Trinajstić information content (AvgIpc) is 3.09. The molecule has 0 spiro atoms. The number of hydrogen-bond donors (Lipinski definition) is 3. The van der Waals surface area contributed by atoms with Crippen LogP contribution in [0.1, 0.15) is 11.1 Å². The minimum absolute atomic E-state index is 0.0778. The van der Waals surface area contributed by atoms with E-state index in [9.17, 15) is 12.8 Å². The number of aromatic amines is 1. The fourth-order valence-corrected chi connectivity index (χ4v) is 4.63. The van der Waals surface area contributed by atoms with Crippen molar-refractivity contribution in [3.05, 3.63) is 59.4 Å². The van der Waals surface area contributed by atoms with Crippen molar-refractivity contribution in [2.75, 3.05) is 12.8 Å². The lowest BCUT2D eigenvalue weighted by molar-refractivity contribution is 0.441. The summed E-state index contributed by atoms with van der Waals surface area (Å²) in [4.78, 5) is 7.23. The molecule has 0 aliphatic carbocycles. The Bertz CT molecular complexity index is 1320. The molecule has 29 heavy (non-hydrogen) atoms. The molecule has 1 aliphatic rings. The second-order valence-electron chi connectivity index (χ2n) is 6.91. The van der Waals surface area contributed by atoms with Gasteiger partial charge in [0, 0.05) is 29.2 Å². The summed E-state index contributed by atoms with van der Waals surface area (Å²) in [7, 11) is -2.58. The van der Waals surface area contributed by atoms with Crippen molar-refractivity contribution >= 4 is 26.9 Å². The molecule has 1 aliphatic heterocycles. The lowest BCUT2D eigenvalue weighted by Crippen LogP contribution is -2.55. The average molecular weight is 412 g/mol. The fourth-order valence-electron chi connectivity index (χ4n) is 3.34. The third kappa shape index (κ3) is 3.10. The molecule has 0 radical (unpaired) electrons. The molecule has 2 heterocycles. The van der Waals surface area contributed by atoms with E-state index in [1.807, 2.05) is 6.07 Å². The second-order valence-corrected chi connectivity index (χ2v) is 8.91. The maximum atomic E-state index is 14.6. The van der Waals surface area contributed by atoms with Crippen LogP contribution in [0, 0.1) is 17.1 Å². The first-order valence-corrected chi connectivity index (χ1v) is 10.2. The number of nitrogens with zero attached hydrogens (tertiary/aromatic N) is 3. The van der Waals surface area contributed by atoms with Crippen molar-refractivity contribution in [1.29, 1.82) is 5.26 Å². The third-order valence-corrected chi connectivity index (χ3v) is 6.78. The minimum Gasteiger partial charge on any atom is -0.369 e. The summed E-state index contributed by atoms with van der Waals surface area (Å²) in [5, 5.41) is 9.92. The van der Waals surface area contributed by atoms with Crippen molar-refractivity contribution in [2.45, 2.75) is 5.66 Å². The van der Waals surface area contributed by atoms with Gasteiger partial charge in [-0.25, -0.2) is 22.1 Å². The Morgan fingerprint density at radius 3 is 2.72 bits per heavy atom. The summed E-state index contributed by atoms with van der Waals surface area (Å²) < 4.78 is 40.2. The lowest BCUT2D eigenvalue weighted by atomic mass is 9.98. The molecule has 3 aromatic rings. The van der Waals surface area contributed by atoms with Crippen LogP contribution in [-0.4, -0.2) is 36.5 Å². The van der Waals surface area contributed by atoms with Gasteiger partial charge in [-0.1, -0.05) is 6.07 Å². The molecule has 0 amide bonds. The predicted octanol–water partition coefficient (Wildman–Crippen LogP) is 1.55. The van der Waals surface area contributed by atoms with E-state index in [1.54, 1.807) is 24.3 Å². The first-order valence-electron chi connectivity index (χ1n) is 8.57. The molecule has 0 bridgehead atoms. The van der Waals surface area contributed by atoms with Gasteiger partial charge in [-0.15, -0.1) is 0 Å². The number of halogens is 1. The van der Waals surface area contributed by atoms with E-state index in [2.05, 4.69) is 16.0 Å². The zero-order chi connectivity index (χ0) is 21.0.